The first-order valence-corrected chi connectivity index (χ1v) is 6.66. The van der Waals surface area contributed by atoms with Gasteiger partial charge in [0.05, 0.1) is 0 Å². The van der Waals surface area contributed by atoms with Gasteiger partial charge in [-0.3, -0.25) is 0 Å². The minimum Gasteiger partial charge on any atom is -0.508 e. The van der Waals surface area contributed by atoms with Crippen LogP contribution in [0.3, 0.4) is 0 Å². The highest BCUT2D eigenvalue weighted by Gasteiger charge is 2.02. The van der Waals surface area contributed by atoms with E-state index in [9.17, 15) is 5.11 Å². The number of rotatable bonds is 4. The van der Waals surface area contributed by atoms with Crippen LogP contribution in [0.4, 0.5) is 0 Å². The number of benzene rings is 2. The summed E-state index contributed by atoms with van der Waals surface area (Å²) in [6.45, 7) is 0. The second kappa shape index (κ2) is 5.19. The van der Waals surface area contributed by atoms with Gasteiger partial charge in [0.15, 0.2) is 0 Å². The van der Waals surface area contributed by atoms with Crippen LogP contribution in [-0.2, 0) is 12.8 Å². The summed E-state index contributed by atoms with van der Waals surface area (Å²) in [6, 6.07) is 15.9. The zero-order valence-corrected chi connectivity index (χ0v) is 10.8. The Morgan fingerprint density at radius 3 is 2.53 bits per heavy atom. The lowest BCUT2D eigenvalue weighted by atomic mass is 10.0. The Morgan fingerprint density at radius 1 is 0.895 bits per heavy atom. The molecular formula is C17H17NO. The van der Waals surface area contributed by atoms with Gasteiger partial charge in [-0.15, -0.1) is 0 Å². The molecule has 0 amide bonds. The van der Waals surface area contributed by atoms with Crippen LogP contribution in [-0.4, -0.2) is 10.1 Å². The fraction of sp³-hybridized carbons (Fsp3) is 0.176. The molecule has 1 aromatic heterocycles. The van der Waals surface area contributed by atoms with Gasteiger partial charge in [0.1, 0.15) is 5.75 Å². The van der Waals surface area contributed by atoms with Crippen molar-refractivity contribution >= 4 is 10.9 Å². The van der Waals surface area contributed by atoms with Gasteiger partial charge >= 0.3 is 0 Å². The van der Waals surface area contributed by atoms with Crippen LogP contribution in [0, 0.1) is 0 Å². The van der Waals surface area contributed by atoms with Crippen molar-refractivity contribution in [2.45, 2.75) is 19.3 Å². The average Bonchev–Trinajstić information content (AvgIpc) is 2.85. The molecule has 0 spiro atoms. The highest BCUT2D eigenvalue weighted by atomic mass is 16.3. The van der Waals surface area contributed by atoms with Crippen LogP contribution in [0.25, 0.3) is 10.9 Å². The third-order valence-electron chi connectivity index (χ3n) is 3.52. The summed E-state index contributed by atoms with van der Waals surface area (Å²) in [4.78, 5) is 3.31. The summed E-state index contributed by atoms with van der Waals surface area (Å²) in [7, 11) is 0. The predicted molar refractivity (Wildman–Crippen MR) is 78.4 cm³/mol. The topological polar surface area (TPSA) is 36.0 Å². The van der Waals surface area contributed by atoms with E-state index in [1.54, 1.807) is 12.1 Å². The first kappa shape index (κ1) is 11.8. The number of aromatic amines is 1. The number of aromatic hydroxyl groups is 1. The van der Waals surface area contributed by atoms with Gasteiger partial charge in [-0.25, -0.2) is 0 Å². The van der Waals surface area contributed by atoms with Crippen molar-refractivity contribution in [2.24, 2.45) is 0 Å². The summed E-state index contributed by atoms with van der Waals surface area (Å²) >= 11 is 0. The molecule has 0 radical (unpaired) electrons. The number of phenols is 1. The molecule has 0 fully saturated rings. The molecule has 19 heavy (non-hydrogen) atoms. The van der Waals surface area contributed by atoms with Gasteiger partial charge in [-0.2, -0.15) is 0 Å². The highest BCUT2D eigenvalue weighted by molar-refractivity contribution is 5.82. The number of H-pyrrole nitrogens is 1. The van der Waals surface area contributed by atoms with E-state index in [1.165, 1.54) is 22.0 Å². The molecular weight excluding hydrogens is 234 g/mol. The molecule has 2 heteroatoms. The molecule has 0 saturated carbocycles. The summed E-state index contributed by atoms with van der Waals surface area (Å²) < 4.78 is 0. The molecule has 2 nitrogen and oxygen atoms in total. The average molecular weight is 251 g/mol. The van der Waals surface area contributed by atoms with Crippen molar-refractivity contribution in [3.8, 4) is 5.75 Å². The van der Waals surface area contributed by atoms with Crippen LogP contribution in [0.5, 0.6) is 5.75 Å². The van der Waals surface area contributed by atoms with Gasteiger partial charge in [0, 0.05) is 17.1 Å². The number of nitrogens with one attached hydrogen (secondary N) is 1. The first-order valence-electron chi connectivity index (χ1n) is 6.66. The third kappa shape index (κ3) is 2.63. The molecule has 1 heterocycles. The Labute approximate surface area is 112 Å². The number of hydrogen-bond donors (Lipinski definition) is 2. The number of phenolic OH excluding ortho intramolecular Hbond substituents is 1. The molecule has 0 aliphatic rings. The molecule has 2 N–H and O–H groups in total. The van der Waals surface area contributed by atoms with Gasteiger partial charge in [-0.1, -0.05) is 30.3 Å². The van der Waals surface area contributed by atoms with Crippen molar-refractivity contribution in [1.82, 2.24) is 4.98 Å². The van der Waals surface area contributed by atoms with Crippen molar-refractivity contribution in [2.75, 3.05) is 0 Å². The Hall–Kier alpha value is -2.22. The standard InChI is InChI=1S/C17H17NO/c19-15-10-8-13(9-11-15)4-3-5-14-12-18-17-7-2-1-6-16(14)17/h1-2,6-12,18-19H,3-5H2. The van der Waals surface area contributed by atoms with E-state index in [2.05, 4.69) is 35.4 Å². The van der Waals surface area contributed by atoms with Gasteiger partial charge in [0.25, 0.3) is 0 Å². The van der Waals surface area contributed by atoms with Crippen LogP contribution in [0.1, 0.15) is 17.5 Å². The molecule has 0 unspecified atom stereocenters. The maximum absolute atomic E-state index is 9.25. The number of para-hydroxylation sites is 1. The SMILES string of the molecule is Oc1ccc(CCCc2c[nH]c3ccccc23)cc1. The largest absolute Gasteiger partial charge is 0.508 e. The third-order valence-corrected chi connectivity index (χ3v) is 3.52. The lowest BCUT2D eigenvalue weighted by molar-refractivity contribution is 0.475. The van der Waals surface area contributed by atoms with E-state index in [-0.39, 0.29) is 0 Å². The van der Waals surface area contributed by atoms with Gasteiger partial charge < -0.3 is 10.1 Å². The summed E-state index contributed by atoms with van der Waals surface area (Å²) in [5.74, 6) is 0.334. The van der Waals surface area contributed by atoms with Crippen molar-refractivity contribution in [1.29, 1.82) is 0 Å². The summed E-state index contributed by atoms with van der Waals surface area (Å²) in [5, 5.41) is 10.6. The molecule has 3 aromatic rings. The van der Waals surface area contributed by atoms with Gasteiger partial charge in [0.2, 0.25) is 0 Å². The van der Waals surface area contributed by atoms with Crippen molar-refractivity contribution < 1.29 is 5.11 Å². The lowest BCUT2D eigenvalue weighted by Gasteiger charge is -2.02. The molecule has 0 aliphatic heterocycles. The molecule has 0 aliphatic carbocycles. The molecule has 0 bridgehead atoms. The van der Waals surface area contributed by atoms with Crippen LogP contribution < -0.4 is 0 Å². The van der Waals surface area contributed by atoms with Crippen molar-refractivity contribution in [3.63, 3.8) is 0 Å². The molecule has 0 atom stereocenters. The Kier molecular flexibility index (Phi) is 3.23. The minimum atomic E-state index is 0.334. The molecule has 3 rings (SSSR count). The fourth-order valence-corrected chi connectivity index (χ4v) is 2.48. The van der Waals surface area contributed by atoms with Crippen LogP contribution >= 0.6 is 0 Å². The van der Waals surface area contributed by atoms with E-state index in [0.717, 1.165) is 19.3 Å². The lowest BCUT2D eigenvalue weighted by Crippen LogP contribution is -1.89. The maximum atomic E-state index is 9.25. The van der Waals surface area contributed by atoms with E-state index in [1.807, 2.05) is 12.1 Å². The maximum Gasteiger partial charge on any atom is 0.115 e. The molecule has 2 aromatic carbocycles. The quantitative estimate of drug-likeness (QED) is 0.721. The van der Waals surface area contributed by atoms with E-state index in [4.69, 9.17) is 0 Å². The van der Waals surface area contributed by atoms with Gasteiger partial charge in [-0.05, 0) is 48.6 Å². The number of fused-ring (bicyclic) bond motifs is 1. The Morgan fingerprint density at radius 2 is 1.68 bits per heavy atom. The zero-order chi connectivity index (χ0) is 13.1. The van der Waals surface area contributed by atoms with Crippen LogP contribution in [0.2, 0.25) is 0 Å². The fourth-order valence-electron chi connectivity index (χ4n) is 2.48. The van der Waals surface area contributed by atoms with E-state index < -0.39 is 0 Å². The van der Waals surface area contributed by atoms with Crippen molar-refractivity contribution in [3.05, 3.63) is 65.9 Å². The van der Waals surface area contributed by atoms with Crippen LogP contribution in [0.15, 0.2) is 54.7 Å². The minimum absolute atomic E-state index is 0.334. The second-order valence-electron chi connectivity index (χ2n) is 4.88. The normalized spacial score (nSPS) is 10.9. The monoisotopic (exact) mass is 251 g/mol. The van der Waals surface area contributed by atoms with E-state index in [0.29, 0.717) is 5.75 Å². The zero-order valence-electron chi connectivity index (χ0n) is 10.8. The number of aryl methyl sites for hydroxylation is 2. The molecule has 0 saturated heterocycles. The van der Waals surface area contributed by atoms with E-state index >= 15 is 0 Å². The number of hydrogen-bond acceptors (Lipinski definition) is 1. The molecule has 96 valence electrons. The first-order chi connectivity index (χ1) is 9.33. The Balaban J connectivity index is 1.65. The summed E-state index contributed by atoms with van der Waals surface area (Å²) in [5.41, 5.74) is 3.87. The second-order valence-corrected chi connectivity index (χ2v) is 4.88. The Bertz CT molecular complexity index is 667. The summed E-state index contributed by atoms with van der Waals surface area (Å²) in [6.07, 6.45) is 5.35. The number of aromatic nitrogens is 1. The smallest absolute Gasteiger partial charge is 0.115 e. The highest BCUT2D eigenvalue weighted by Crippen LogP contribution is 2.20. The predicted octanol–water partition coefficient (Wildman–Crippen LogP) is 4.05.